The molecule has 0 saturated carbocycles. The maximum Gasteiger partial charge on any atom is 0.243 e. The van der Waals surface area contributed by atoms with Crippen LogP contribution in [-0.4, -0.2) is 50.6 Å². The number of thiazole rings is 1. The zero-order valence-corrected chi connectivity index (χ0v) is 17.3. The van der Waals surface area contributed by atoms with Crippen LogP contribution >= 0.6 is 11.3 Å². The van der Waals surface area contributed by atoms with Gasteiger partial charge in [-0.3, -0.25) is 0 Å². The van der Waals surface area contributed by atoms with Crippen LogP contribution in [0.2, 0.25) is 0 Å². The summed E-state index contributed by atoms with van der Waals surface area (Å²) in [5.74, 6) is 0. The molecule has 1 N–H and O–H groups in total. The van der Waals surface area contributed by atoms with Gasteiger partial charge in [0.15, 0.2) is 5.13 Å². The predicted octanol–water partition coefficient (Wildman–Crippen LogP) is 3.82. The van der Waals surface area contributed by atoms with Crippen molar-refractivity contribution in [2.75, 3.05) is 38.2 Å². The van der Waals surface area contributed by atoms with Gasteiger partial charge in [0.25, 0.3) is 0 Å². The summed E-state index contributed by atoms with van der Waals surface area (Å²) >= 11 is 1.58. The number of anilines is 1. The standard InChI is InChI=1S/C19H27N3O3S2/c1-2-3-4-5-10-20-19-21-18(15-26-19)16-6-8-17(9-7-16)27(23,24)22-11-13-25-14-12-22/h6-9,15H,2-5,10-14H2,1H3,(H,20,21). The number of morpholine rings is 1. The van der Waals surface area contributed by atoms with Gasteiger partial charge >= 0.3 is 0 Å². The Balaban J connectivity index is 1.62. The molecule has 2 heterocycles. The fraction of sp³-hybridized carbons (Fsp3) is 0.526. The van der Waals surface area contributed by atoms with Crippen molar-refractivity contribution < 1.29 is 13.2 Å². The van der Waals surface area contributed by atoms with Gasteiger partial charge in [0.1, 0.15) is 0 Å². The number of sulfonamides is 1. The summed E-state index contributed by atoms with van der Waals surface area (Å²) in [6.45, 7) is 4.85. The van der Waals surface area contributed by atoms with E-state index >= 15 is 0 Å². The Kier molecular flexibility index (Phi) is 7.23. The Morgan fingerprint density at radius 1 is 1.15 bits per heavy atom. The van der Waals surface area contributed by atoms with Crippen LogP contribution in [0.25, 0.3) is 11.3 Å². The molecule has 1 fully saturated rings. The molecule has 27 heavy (non-hydrogen) atoms. The van der Waals surface area contributed by atoms with Crippen LogP contribution in [0.4, 0.5) is 5.13 Å². The molecule has 0 spiro atoms. The second-order valence-corrected chi connectivity index (χ2v) is 9.36. The van der Waals surface area contributed by atoms with Crippen LogP contribution in [0.1, 0.15) is 32.6 Å². The van der Waals surface area contributed by atoms with Crippen LogP contribution in [0.3, 0.4) is 0 Å². The summed E-state index contributed by atoms with van der Waals surface area (Å²) in [6.07, 6.45) is 4.89. The first kappa shape index (κ1) is 20.3. The molecule has 1 saturated heterocycles. The van der Waals surface area contributed by atoms with Gasteiger partial charge in [-0.05, 0) is 18.6 Å². The molecule has 1 aliphatic heterocycles. The molecule has 3 rings (SSSR count). The number of unbranched alkanes of at least 4 members (excludes halogenated alkanes) is 3. The number of ether oxygens (including phenoxy) is 1. The van der Waals surface area contributed by atoms with Crippen molar-refractivity contribution in [2.24, 2.45) is 0 Å². The number of hydrogen-bond donors (Lipinski definition) is 1. The highest BCUT2D eigenvalue weighted by Gasteiger charge is 2.26. The Hall–Kier alpha value is -1.48. The second kappa shape index (κ2) is 9.64. The van der Waals surface area contributed by atoms with Gasteiger partial charge in [0.05, 0.1) is 23.8 Å². The Bertz CT molecular complexity index is 813. The molecule has 0 aliphatic carbocycles. The molecule has 1 aromatic heterocycles. The first-order chi connectivity index (χ1) is 13.1. The maximum atomic E-state index is 12.7. The number of rotatable bonds is 9. The Labute approximate surface area is 165 Å². The molecule has 0 unspecified atom stereocenters. The van der Waals surface area contributed by atoms with E-state index < -0.39 is 10.0 Å². The van der Waals surface area contributed by atoms with E-state index in [1.54, 1.807) is 23.5 Å². The number of nitrogens with zero attached hydrogens (tertiary/aromatic N) is 2. The lowest BCUT2D eigenvalue weighted by atomic mass is 10.2. The third-order valence-electron chi connectivity index (χ3n) is 4.57. The van der Waals surface area contributed by atoms with Gasteiger partial charge in [-0.15, -0.1) is 11.3 Å². The lowest BCUT2D eigenvalue weighted by Crippen LogP contribution is -2.40. The second-order valence-electron chi connectivity index (χ2n) is 6.57. The normalized spacial score (nSPS) is 15.7. The predicted molar refractivity (Wildman–Crippen MR) is 110 cm³/mol. The minimum Gasteiger partial charge on any atom is -0.379 e. The van der Waals surface area contributed by atoms with Crippen LogP contribution in [0.15, 0.2) is 34.5 Å². The molecule has 2 aromatic rings. The van der Waals surface area contributed by atoms with Crippen molar-refractivity contribution in [3.8, 4) is 11.3 Å². The van der Waals surface area contributed by atoms with Crippen LogP contribution in [0, 0.1) is 0 Å². The maximum absolute atomic E-state index is 12.7. The fourth-order valence-corrected chi connectivity index (χ4v) is 5.12. The Morgan fingerprint density at radius 3 is 2.59 bits per heavy atom. The van der Waals surface area contributed by atoms with Gasteiger partial charge in [-0.25, -0.2) is 13.4 Å². The highest BCUT2D eigenvalue weighted by atomic mass is 32.2. The minimum absolute atomic E-state index is 0.317. The smallest absolute Gasteiger partial charge is 0.243 e. The van der Waals surface area contributed by atoms with Crippen molar-refractivity contribution in [1.82, 2.24) is 9.29 Å². The summed E-state index contributed by atoms with van der Waals surface area (Å²) in [7, 11) is -3.45. The van der Waals surface area contributed by atoms with E-state index in [0.717, 1.165) is 29.4 Å². The van der Waals surface area contributed by atoms with E-state index in [0.29, 0.717) is 31.2 Å². The molecule has 1 aliphatic rings. The zero-order chi connectivity index (χ0) is 19.1. The lowest BCUT2D eigenvalue weighted by molar-refractivity contribution is 0.0730. The molecular formula is C19H27N3O3S2. The third-order valence-corrected chi connectivity index (χ3v) is 7.28. The summed E-state index contributed by atoms with van der Waals surface area (Å²) < 4.78 is 32.1. The summed E-state index contributed by atoms with van der Waals surface area (Å²) in [5, 5.41) is 6.27. The third kappa shape index (κ3) is 5.28. The van der Waals surface area contributed by atoms with Gasteiger partial charge in [0, 0.05) is 30.6 Å². The average molecular weight is 410 g/mol. The molecule has 148 valence electrons. The summed E-state index contributed by atoms with van der Waals surface area (Å²) in [6, 6.07) is 6.98. The van der Waals surface area contributed by atoms with Crippen molar-refractivity contribution in [2.45, 2.75) is 37.5 Å². The number of aromatic nitrogens is 1. The molecule has 6 nitrogen and oxygen atoms in total. The molecular weight excluding hydrogens is 382 g/mol. The van der Waals surface area contributed by atoms with Gasteiger partial charge in [-0.1, -0.05) is 38.3 Å². The average Bonchev–Trinajstić information content (AvgIpc) is 3.17. The molecule has 0 bridgehead atoms. The van der Waals surface area contributed by atoms with Gasteiger partial charge in [0.2, 0.25) is 10.0 Å². The highest BCUT2D eigenvalue weighted by Crippen LogP contribution is 2.27. The summed E-state index contributed by atoms with van der Waals surface area (Å²) in [5.41, 5.74) is 1.79. The van der Waals surface area contributed by atoms with E-state index in [1.165, 1.54) is 23.6 Å². The van der Waals surface area contributed by atoms with E-state index in [1.807, 2.05) is 17.5 Å². The number of hydrogen-bond acceptors (Lipinski definition) is 6. The van der Waals surface area contributed by atoms with Crippen molar-refractivity contribution in [3.05, 3.63) is 29.6 Å². The topological polar surface area (TPSA) is 71.5 Å². The Morgan fingerprint density at radius 2 is 1.89 bits per heavy atom. The number of nitrogens with one attached hydrogen (secondary N) is 1. The molecule has 0 amide bonds. The zero-order valence-electron chi connectivity index (χ0n) is 15.7. The van der Waals surface area contributed by atoms with Gasteiger partial charge in [-0.2, -0.15) is 4.31 Å². The van der Waals surface area contributed by atoms with Crippen molar-refractivity contribution in [1.29, 1.82) is 0 Å². The number of benzene rings is 1. The first-order valence-corrected chi connectivity index (χ1v) is 11.8. The molecule has 1 aromatic carbocycles. The van der Waals surface area contributed by atoms with E-state index in [9.17, 15) is 8.42 Å². The van der Waals surface area contributed by atoms with Gasteiger partial charge < -0.3 is 10.1 Å². The first-order valence-electron chi connectivity index (χ1n) is 9.49. The van der Waals surface area contributed by atoms with Crippen LogP contribution in [-0.2, 0) is 14.8 Å². The monoisotopic (exact) mass is 409 g/mol. The minimum atomic E-state index is -3.45. The summed E-state index contributed by atoms with van der Waals surface area (Å²) in [4.78, 5) is 4.93. The van der Waals surface area contributed by atoms with E-state index in [-0.39, 0.29) is 0 Å². The van der Waals surface area contributed by atoms with E-state index in [4.69, 9.17) is 4.74 Å². The van der Waals surface area contributed by atoms with E-state index in [2.05, 4.69) is 17.2 Å². The fourth-order valence-electron chi connectivity index (χ4n) is 2.97. The van der Waals surface area contributed by atoms with Crippen molar-refractivity contribution >= 4 is 26.5 Å². The highest BCUT2D eigenvalue weighted by molar-refractivity contribution is 7.89. The largest absolute Gasteiger partial charge is 0.379 e. The molecule has 0 atom stereocenters. The SMILES string of the molecule is CCCCCCNc1nc(-c2ccc(S(=O)(=O)N3CCOCC3)cc2)cs1. The van der Waals surface area contributed by atoms with Crippen LogP contribution in [0.5, 0.6) is 0 Å². The molecule has 8 heteroatoms. The quantitative estimate of drug-likeness (QED) is 0.638. The lowest BCUT2D eigenvalue weighted by Gasteiger charge is -2.26. The molecule has 0 radical (unpaired) electrons. The van der Waals surface area contributed by atoms with Crippen LogP contribution < -0.4 is 5.32 Å². The van der Waals surface area contributed by atoms with Crippen molar-refractivity contribution in [3.63, 3.8) is 0 Å².